The molecule has 0 amide bonds. The minimum Gasteiger partial charge on any atom is -0.478 e. The van der Waals surface area contributed by atoms with Crippen molar-refractivity contribution >= 4 is 5.97 Å². The van der Waals surface area contributed by atoms with Crippen LogP contribution in [0.15, 0.2) is 24.3 Å². The van der Waals surface area contributed by atoms with Gasteiger partial charge in [0, 0.05) is 33.9 Å². The number of likely N-dealkylation sites (tertiary alicyclic amines) is 1. The van der Waals surface area contributed by atoms with Gasteiger partial charge < -0.3 is 14.6 Å². The Morgan fingerprint density at radius 1 is 1.21 bits per heavy atom. The van der Waals surface area contributed by atoms with E-state index < -0.39 is 5.97 Å². The molecule has 2 rings (SSSR count). The lowest BCUT2D eigenvalue weighted by molar-refractivity contribution is -0.00461. The molecule has 1 N–H and O–H groups in total. The standard InChI is InChI=1S/C14H19NO4/c1-18-12-8-15(9-13(12)19-2)7-10-3-5-11(6-4-10)14(16)17/h3-6,12-13H,7-9H2,1-2H3,(H,16,17). The third-order valence-corrected chi connectivity index (χ3v) is 3.50. The highest BCUT2D eigenvalue weighted by atomic mass is 16.5. The molecule has 19 heavy (non-hydrogen) atoms. The lowest BCUT2D eigenvalue weighted by Crippen LogP contribution is -2.27. The molecule has 1 aromatic carbocycles. The molecule has 0 radical (unpaired) electrons. The van der Waals surface area contributed by atoms with Gasteiger partial charge in [-0.05, 0) is 17.7 Å². The normalized spacial score (nSPS) is 23.7. The number of carboxylic acids is 1. The summed E-state index contributed by atoms with van der Waals surface area (Å²) in [6, 6.07) is 6.97. The average molecular weight is 265 g/mol. The molecule has 0 bridgehead atoms. The number of hydrogen-bond donors (Lipinski definition) is 1. The SMILES string of the molecule is COC1CN(Cc2ccc(C(=O)O)cc2)CC1OC. The Kier molecular flexibility index (Phi) is 4.52. The van der Waals surface area contributed by atoms with Gasteiger partial charge in [0.2, 0.25) is 0 Å². The van der Waals surface area contributed by atoms with Gasteiger partial charge in [0.1, 0.15) is 0 Å². The minimum atomic E-state index is -0.897. The van der Waals surface area contributed by atoms with Crippen LogP contribution in [0.1, 0.15) is 15.9 Å². The molecule has 1 aromatic rings. The second-order valence-corrected chi connectivity index (χ2v) is 4.74. The molecule has 5 heteroatoms. The highest BCUT2D eigenvalue weighted by Crippen LogP contribution is 2.18. The number of hydrogen-bond acceptors (Lipinski definition) is 4. The van der Waals surface area contributed by atoms with Crippen molar-refractivity contribution in [3.8, 4) is 0 Å². The molecule has 1 saturated heterocycles. The fourth-order valence-corrected chi connectivity index (χ4v) is 2.41. The Morgan fingerprint density at radius 2 is 1.74 bits per heavy atom. The van der Waals surface area contributed by atoms with Crippen LogP contribution in [0.4, 0.5) is 0 Å². The zero-order valence-electron chi connectivity index (χ0n) is 11.2. The third-order valence-electron chi connectivity index (χ3n) is 3.50. The van der Waals surface area contributed by atoms with Gasteiger partial charge in [-0.3, -0.25) is 4.90 Å². The summed E-state index contributed by atoms with van der Waals surface area (Å²) in [4.78, 5) is 13.0. The van der Waals surface area contributed by atoms with E-state index in [1.54, 1.807) is 26.4 Å². The van der Waals surface area contributed by atoms with Crippen LogP contribution in [-0.4, -0.2) is 55.5 Å². The van der Waals surface area contributed by atoms with E-state index >= 15 is 0 Å². The quantitative estimate of drug-likeness (QED) is 0.867. The summed E-state index contributed by atoms with van der Waals surface area (Å²) < 4.78 is 10.8. The molecule has 0 aliphatic carbocycles. The lowest BCUT2D eigenvalue weighted by atomic mass is 10.1. The molecule has 5 nitrogen and oxygen atoms in total. The zero-order chi connectivity index (χ0) is 13.8. The van der Waals surface area contributed by atoms with Crippen LogP contribution in [0.3, 0.4) is 0 Å². The van der Waals surface area contributed by atoms with Gasteiger partial charge in [-0.2, -0.15) is 0 Å². The number of methoxy groups -OCH3 is 2. The summed E-state index contributed by atoms with van der Waals surface area (Å²) in [6.45, 7) is 2.44. The van der Waals surface area contributed by atoms with Crippen molar-refractivity contribution in [1.82, 2.24) is 4.90 Å². The third kappa shape index (κ3) is 3.32. The summed E-state index contributed by atoms with van der Waals surface area (Å²) in [6.07, 6.45) is 0.201. The van der Waals surface area contributed by atoms with Crippen LogP contribution in [0.25, 0.3) is 0 Å². The van der Waals surface area contributed by atoms with E-state index in [0.717, 1.165) is 25.2 Å². The topological polar surface area (TPSA) is 59.0 Å². The highest BCUT2D eigenvalue weighted by Gasteiger charge is 2.32. The van der Waals surface area contributed by atoms with E-state index in [9.17, 15) is 4.79 Å². The molecule has 1 aliphatic heterocycles. The second kappa shape index (κ2) is 6.14. The number of ether oxygens (including phenoxy) is 2. The zero-order valence-corrected chi connectivity index (χ0v) is 11.2. The summed E-state index contributed by atoms with van der Waals surface area (Å²) >= 11 is 0. The number of aromatic carboxylic acids is 1. The summed E-state index contributed by atoms with van der Waals surface area (Å²) in [5.74, 6) is -0.897. The van der Waals surface area contributed by atoms with Crippen LogP contribution in [0.5, 0.6) is 0 Å². The second-order valence-electron chi connectivity index (χ2n) is 4.74. The van der Waals surface area contributed by atoms with Crippen LogP contribution in [0.2, 0.25) is 0 Å². The summed E-state index contributed by atoms with van der Waals surface area (Å²) in [5.41, 5.74) is 1.41. The van der Waals surface area contributed by atoms with Crippen LogP contribution < -0.4 is 0 Å². The number of carboxylic acid groups (broad SMARTS) is 1. The fraction of sp³-hybridized carbons (Fsp3) is 0.500. The van der Waals surface area contributed by atoms with E-state index in [0.29, 0.717) is 5.56 Å². The van der Waals surface area contributed by atoms with Gasteiger partial charge in [-0.15, -0.1) is 0 Å². The smallest absolute Gasteiger partial charge is 0.335 e. The lowest BCUT2D eigenvalue weighted by Gasteiger charge is -2.15. The van der Waals surface area contributed by atoms with Gasteiger partial charge in [0.25, 0.3) is 0 Å². The van der Waals surface area contributed by atoms with Crippen LogP contribution in [0, 0.1) is 0 Å². The largest absolute Gasteiger partial charge is 0.478 e. The Balaban J connectivity index is 1.96. The Bertz CT molecular complexity index is 420. The van der Waals surface area contributed by atoms with E-state index in [1.807, 2.05) is 12.1 Å². The van der Waals surface area contributed by atoms with Gasteiger partial charge in [0.05, 0.1) is 17.8 Å². The van der Waals surface area contributed by atoms with Crippen LogP contribution in [-0.2, 0) is 16.0 Å². The fourth-order valence-electron chi connectivity index (χ4n) is 2.41. The predicted molar refractivity (Wildman–Crippen MR) is 70.3 cm³/mol. The molecule has 0 spiro atoms. The number of carbonyl (C=O) groups is 1. The molecule has 0 aromatic heterocycles. The highest BCUT2D eigenvalue weighted by molar-refractivity contribution is 5.87. The van der Waals surface area contributed by atoms with Crippen molar-refractivity contribution in [3.05, 3.63) is 35.4 Å². The molecule has 1 fully saturated rings. The van der Waals surface area contributed by atoms with E-state index in [-0.39, 0.29) is 12.2 Å². The predicted octanol–water partition coefficient (Wildman–Crippen LogP) is 1.23. The maximum absolute atomic E-state index is 10.8. The number of benzene rings is 1. The first-order valence-electron chi connectivity index (χ1n) is 6.24. The van der Waals surface area contributed by atoms with E-state index in [2.05, 4.69) is 4.90 Å². The number of nitrogens with zero attached hydrogens (tertiary/aromatic N) is 1. The van der Waals surface area contributed by atoms with E-state index in [4.69, 9.17) is 14.6 Å². The number of rotatable bonds is 5. The maximum Gasteiger partial charge on any atom is 0.335 e. The van der Waals surface area contributed by atoms with Gasteiger partial charge in [-0.1, -0.05) is 12.1 Å². The van der Waals surface area contributed by atoms with Gasteiger partial charge in [-0.25, -0.2) is 4.79 Å². The van der Waals surface area contributed by atoms with Crippen LogP contribution >= 0.6 is 0 Å². The van der Waals surface area contributed by atoms with Crippen molar-refractivity contribution in [2.75, 3.05) is 27.3 Å². The van der Waals surface area contributed by atoms with Gasteiger partial charge in [0.15, 0.2) is 0 Å². The van der Waals surface area contributed by atoms with E-state index in [1.165, 1.54) is 0 Å². The maximum atomic E-state index is 10.8. The van der Waals surface area contributed by atoms with Crippen molar-refractivity contribution in [1.29, 1.82) is 0 Å². The van der Waals surface area contributed by atoms with Crippen molar-refractivity contribution in [2.24, 2.45) is 0 Å². The first-order chi connectivity index (χ1) is 9.13. The summed E-state index contributed by atoms with van der Waals surface area (Å²) in [5, 5.41) is 8.85. The Hall–Kier alpha value is -1.43. The molecular formula is C14H19NO4. The molecule has 104 valence electrons. The summed E-state index contributed by atoms with van der Waals surface area (Å²) in [7, 11) is 3.39. The van der Waals surface area contributed by atoms with Crippen molar-refractivity contribution in [3.63, 3.8) is 0 Å². The molecule has 2 unspecified atom stereocenters. The Labute approximate surface area is 112 Å². The molecule has 1 heterocycles. The molecule has 0 saturated carbocycles. The molecular weight excluding hydrogens is 246 g/mol. The average Bonchev–Trinajstić information content (AvgIpc) is 2.81. The van der Waals surface area contributed by atoms with Gasteiger partial charge >= 0.3 is 5.97 Å². The van der Waals surface area contributed by atoms with Crippen molar-refractivity contribution < 1.29 is 19.4 Å². The molecule has 1 aliphatic rings. The first-order valence-corrected chi connectivity index (χ1v) is 6.24. The monoisotopic (exact) mass is 265 g/mol. The van der Waals surface area contributed by atoms with Crippen molar-refractivity contribution in [2.45, 2.75) is 18.8 Å². The Morgan fingerprint density at radius 3 is 2.16 bits per heavy atom. The minimum absolute atomic E-state index is 0.100. The molecule has 2 atom stereocenters. The first kappa shape index (κ1) is 14.0.